The zero-order chi connectivity index (χ0) is 16.8. The van der Waals surface area contributed by atoms with Crippen LogP contribution >= 0.6 is 34.7 Å². The summed E-state index contributed by atoms with van der Waals surface area (Å²) in [7, 11) is 0. The number of carbonyl (C=O) groups excluding carboxylic acids is 1. The van der Waals surface area contributed by atoms with Crippen LogP contribution in [0.5, 0.6) is 0 Å². The fourth-order valence-electron chi connectivity index (χ4n) is 1.85. The van der Waals surface area contributed by atoms with Gasteiger partial charge in [-0.1, -0.05) is 28.9 Å². The monoisotopic (exact) mass is 367 g/mol. The van der Waals surface area contributed by atoms with Gasteiger partial charge in [0.05, 0.1) is 12.1 Å². The van der Waals surface area contributed by atoms with Gasteiger partial charge in [-0.05, 0) is 12.3 Å². The van der Waals surface area contributed by atoms with E-state index in [9.17, 15) is 10.0 Å². The van der Waals surface area contributed by atoms with Crippen molar-refractivity contribution >= 4 is 45.6 Å². The molecule has 0 N–H and O–H groups in total. The zero-order valence-corrected chi connectivity index (χ0v) is 14.7. The molecule has 23 heavy (non-hydrogen) atoms. The van der Waals surface area contributed by atoms with Gasteiger partial charge < -0.3 is 5.21 Å². The lowest BCUT2D eigenvalue weighted by atomic mass is 10.3. The summed E-state index contributed by atoms with van der Waals surface area (Å²) in [4.78, 5) is 18.0. The number of halogens is 1. The minimum absolute atomic E-state index is 0.0960. The van der Waals surface area contributed by atoms with Crippen LogP contribution in [0, 0.1) is 17.6 Å². The number of hydrogen-bond acceptors (Lipinski definition) is 5. The predicted molar refractivity (Wildman–Crippen MR) is 95.7 cm³/mol. The van der Waals surface area contributed by atoms with Crippen LogP contribution < -0.4 is 9.63 Å². The third-order valence-electron chi connectivity index (χ3n) is 2.91. The molecule has 0 aliphatic heterocycles. The molecule has 5 nitrogen and oxygen atoms in total. The summed E-state index contributed by atoms with van der Waals surface area (Å²) in [5.74, 6) is 3.08. The Balaban J connectivity index is 2.34. The maximum Gasteiger partial charge on any atom is 0.229 e. The Morgan fingerprint density at radius 2 is 2.43 bits per heavy atom. The molecule has 0 atom stereocenters. The number of amides is 1. The quantitative estimate of drug-likeness (QED) is 0.447. The summed E-state index contributed by atoms with van der Waals surface area (Å²) in [6.45, 7) is 0.130. The Bertz CT molecular complexity index is 743. The number of aromatic nitrogens is 2. The highest BCUT2D eigenvalue weighted by Crippen LogP contribution is 2.37. The van der Waals surface area contributed by atoms with E-state index in [0.717, 1.165) is 0 Å². The lowest BCUT2D eigenvalue weighted by molar-refractivity contribution is -0.604. The number of thioether (sulfide) groups is 1. The van der Waals surface area contributed by atoms with E-state index >= 15 is 0 Å². The van der Waals surface area contributed by atoms with Gasteiger partial charge in [0.15, 0.2) is 17.5 Å². The van der Waals surface area contributed by atoms with Gasteiger partial charge in [0.1, 0.15) is 10.0 Å². The van der Waals surface area contributed by atoms with Crippen molar-refractivity contribution in [3.05, 3.63) is 34.9 Å². The van der Waals surface area contributed by atoms with Crippen LogP contribution in [0.25, 0.3) is 10.6 Å². The molecule has 2 heterocycles. The smallest absolute Gasteiger partial charge is 0.229 e. The lowest BCUT2D eigenvalue weighted by Crippen LogP contribution is -2.31. The van der Waals surface area contributed by atoms with Crippen molar-refractivity contribution in [3.8, 4) is 22.9 Å². The number of anilines is 1. The van der Waals surface area contributed by atoms with E-state index in [1.54, 1.807) is 23.9 Å². The SMILES string of the molecule is C#CCN(C(=O)CCSC)c1sc(-c2ccc[n+]([O-])c2)nc1Cl. The predicted octanol–water partition coefficient (Wildman–Crippen LogP) is 2.82. The molecule has 1 amide bonds. The summed E-state index contributed by atoms with van der Waals surface area (Å²) in [5.41, 5.74) is 0.637. The van der Waals surface area contributed by atoms with E-state index in [-0.39, 0.29) is 17.6 Å². The molecular weight excluding hydrogens is 354 g/mol. The second kappa shape index (κ2) is 8.20. The molecule has 2 aromatic rings. The average molecular weight is 368 g/mol. The van der Waals surface area contributed by atoms with Gasteiger partial charge in [-0.2, -0.15) is 16.5 Å². The van der Waals surface area contributed by atoms with Crippen molar-refractivity contribution in [2.24, 2.45) is 0 Å². The van der Waals surface area contributed by atoms with E-state index in [1.165, 1.54) is 28.6 Å². The Labute approximate surface area is 147 Å². The van der Waals surface area contributed by atoms with Gasteiger partial charge >= 0.3 is 0 Å². The molecule has 2 aromatic heterocycles. The molecular formula is C15H14ClN3O2S2. The second-order valence-electron chi connectivity index (χ2n) is 4.49. The standard InChI is InChI=1S/C15H14ClN3O2S2/c1-3-7-19(12(20)6-9-22-2)15-13(16)17-14(23-15)11-5-4-8-18(21)10-11/h1,4-5,8,10H,6-7,9H2,2H3. The molecule has 2 rings (SSSR count). The van der Waals surface area contributed by atoms with Gasteiger partial charge in [0, 0.05) is 18.2 Å². The Kier molecular flexibility index (Phi) is 6.28. The number of carbonyl (C=O) groups is 1. The Morgan fingerprint density at radius 1 is 1.65 bits per heavy atom. The molecule has 0 aliphatic rings. The number of rotatable bonds is 6. The first-order valence-electron chi connectivity index (χ1n) is 6.65. The number of nitrogens with zero attached hydrogens (tertiary/aromatic N) is 3. The third-order valence-corrected chi connectivity index (χ3v) is 5.02. The highest BCUT2D eigenvalue weighted by atomic mass is 35.5. The molecule has 0 saturated heterocycles. The second-order valence-corrected chi connectivity index (χ2v) is 6.82. The summed E-state index contributed by atoms with van der Waals surface area (Å²) in [6.07, 6.45) is 10.5. The molecule has 0 spiro atoms. The summed E-state index contributed by atoms with van der Waals surface area (Å²) in [6, 6.07) is 3.38. The van der Waals surface area contributed by atoms with Gasteiger partial charge in [-0.3, -0.25) is 9.69 Å². The molecule has 0 aromatic carbocycles. The topological polar surface area (TPSA) is 60.1 Å². The average Bonchev–Trinajstić information content (AvgIpc) is 2.92. The molecule has 0 aliphatic carbocycles. The summed E-state index contributed by atoms with van der Waals surface area (Å²) >= 11 is 9.02. The van der Waals surface area contributed by atoms with Crippen LogP contribution in [0.1, 0.15) is 6.42 Å². The Hall–Kier alpha value is -1.75. The van der Waals surface area contributed by atoms with Crippen LogP contribution in [0.2, 0.25) is 5.15 Å². The lowest BCUT2D eigenvalue weighted by Gasteiger charge is -2.18. The van der Waals surface area contributed by atoms with E-state index in [4.69, 9.17) is 18.0 Å². The van der Waals surface area contributed by atoms with Crippen LogP contribution in [0.3, 0.4) is 0 Å². The number of thiazole rings is 1. The maximum absolute atomic E-state index is 12.3. The van der Waals surface area contributed by atoms with E-state index in [2.05, 4.69) is 10.9 Å². The number of terminal acetylenes is 1. The fraction of sp³-hybridized carbons (Fsp3) is 0.267. The minimum Gasteiger partial charge on any atom is -0.619 e. The van der Waals surface area contributed by atoms with Crippen molar-refractivity contribution < 1.29 is 9.52 Å². The number of pyridine rings is 1. The van der Waals surface area contributed by atoms with E-state index < -0.39 is 0 Å². The third kappa shape index (κ3) is 4.38. The first-order chi connectivity index (χ1) is 11.1. The fourth-order valence-corrected chi connectivity index (χ4v) is 3.55. The molecule has 8 heteroatoms. The summed E-state index contributed by atoms with van der Waals surface area (Å²) < 4.78 is 0.688. The van der Waals surface area contributed by atoms with Crippen molar-refractivity contribution in [1.29, 1.82) is 0 Å². The maximum atomic E-state index is 12.3. The first-order valence-corrected chi connectivity index (χ1v) is 9.24. The minimum atomic E-state index is -0.0960. The van der Waals surface area contributed by atoms with Crippen molar-refractivity contribution in [2.45, 2.75) is 6.42 Å². The molecule has 0 saturated carbocycles. The molecule has 0 fully saturated rings. The largest absolute Gasteiger partial charge is 0.619 e. The van der Waals surface area contributed by atoms with E-state index in [1.807, 2.05) is 6.26 Å². The van der Waals surface area contributed by atoms with Crippen LogP contribution in [-0.2, 0) is 4.79 Å². The van der Waals surface area contributed by atoms with Crippen LogP contribution in [-0.4, -0.2) is 29.4 Å². The van der Waals surface area contributed by atoms with Gasteiger partial charge in [-0.25, -0.2) is 4.98 Å². The van der Waals surface area contributed by atoms with Gasteiger partial charge in [0.2, 0.25) is 5.91 Å². The van der Waals surface area contributed by atoms with E-state index in [0.29, 0.717) is 32.5 Å². The molecule has 120 valence electrons. The Morgan fingerprint density at radius 3 is 3.09 bits per heavy atom. The highest BCUT2D eigenvalue weighted by Gasteiger charge is 2.22. The summed E-state index contributed by atoms with van der Waals surface area (Å²) in [5, 5.41) is 12.7. The van der Waals surface area contributed by atoms with Gasteiger partial charge in [0.25, 0.3) is 0 Å². The van der Waals surface area contributed by atoms with Crippen molar-refractivity contribution in [3.63, 3.8) is 0 Å². The number of hydrogen-bond donors (Lipinski definition) is 0. The normalized spacial score (nSPS) is 10.3. The van der Waals surface area contributed by atoms with Crippen LogP contribution in [0.4, 0.5) is 5.00 Å². The highest BCUT2D eigenvalue weighted by molar-refractivity contribution is 7.98. The zero-order valence-electron chi connectivity index (χ0n) is 12.4. The first kappa shape index (κ1) is 17.6. The molecule has 0 bridgehead atoms. The van der Waals surface area contributed by atoms with Crippen molar-refractivity contribution in [2.75, 3.05) is 23.5 Å². The van der Waals surface area contributed by atoms with Crippen molar-refractivity contribution in [1.82, 2.24) is 4.98 Å². The van der Waals surface area contributed by atoms with Gasteiger partial charge in [-0.15, -0.1) is 6.42 Å². The van der Waals surface area contributed by atoms with Crippen LogP contribution in [0.15, 0.2) is 24.5 Å². The molecule has 0 radical (unpaired) electrons. The molecule has 0 unspecified atom stereocenters.